The summed E-state index contributed by atoms with van der Waals surface area (Å²) < 4.78 is 6.07. The highest BCUT2D eigenvalue weighted by Crippen LogP contribution is 2.24. The molecule has 1 fully saturated rings. The lowest BCUT2D eigenvalue weighted by Crippen LogP contribution is -2.31. The molecule has 7 heteroatoms. The zero-order valence-electron chi connectivity index (χ0n) is 23.5. The number of H-pyrrole nitrogens is 1. The van der Waals surface area contributed by atoms with Crippen LogP contribution in [0.5, 0.6) is 0 Å². The van der Waals surface area contributed by atoms with E-state index in [4.69, 9.17) is 14.7 Å². The number of nitrogens with one attached hydrogen (secondary N) is 1. The van der Waals surface area contributed by atoms with E-state index < -0.39 is 6.04 Å². The SMILES string of the molecule is O=C(OC1CCCCC1)C(Cc1cccc(CSc2nc3ccccc3[nH]2)n1)N=C(c1ccccc1)c1ccccc1. The fourth-order valence-electron chi connectivity index (χ4n) is 5.33. The number of imidazole rings is 1. The Hall–Kier alpha value is -4.23. The lowest BCUT2D eigenvalue weighted by atomic mass is 9.97. The van der Waals surface area contributed by atoms with Gasteiger partial charge in [0.2, 0.25) is 0 Å². The summed E-state index contributed by atoms with van der Waals surface area (Å²) in [5.74, 6) is 0.378. The standard InChI is InChI=1S/C35H34N4O2S/c40-34(41-29-19-8-3-9-20-29)32(37-33(25-13-4-1-5-14-25)26-15-6-2-7-16-26)23-27-17-12-18-28(36-27)24-42-35-38-30-21-10-11-22-31(30)39-35/h1-2,4-7,10-18,21-22,29,32H,3,8-9,19-20,23-24H2,(H,38,39). The average molecular weight is 575 g/mol. The molecule has 1 N–H and O–H groups in total. The normalized spacial score (nSPS) is 14.4. The van der Waals surface area contributed by atoms with E-state index in [1.54, 1.807) is 11.8 Å². The van der Waals surface area contributed by atoms with Gasteiger partial charge in [0.25, 0.3) is 0 Å². The van der Waals surface area contributed by atoms with Gasteiger partial charge in [-0.15, -0.1) is 0 Å². The first kappa shape index (κ1) is 27.9. The first-order valence-electron chi connectivity index (χ1n) is 14.6. The number of benzene rings is 3. The second-order valence-electron chi connectivity index (χ2n) is 10.6. The lowest BCUT2D eigenvalue weighted by Gasteiger charge is -2.24. The second kappa shape index (κ2) is 13.6. The molecule has 2 aromatic heterocycles. The number of aromatic nitrogens is 3. The number of hydrogen-bond acceptors (Lipinski definition) is 6. The van der Waals surface area contributed by atoms with Crippen molar-refractivity contribution in [2.75, 3.05) is 0 Å². The molecule has 0 aliphatic heterocycles. The Morgan fingerprint density at radius 2 is 1.48 bits per heavy atom. The van der Waals surface area contributed by atoms with Crippen molar-refractivity contribution in [2.45, 2.75) is 61.6 Å². The van der Waals surface area contributed by atoms with Crippen LogP contribution < -0.4 is 0 Å². The summed E-state index contributed by atoms with van der Waals surface area (Å²) in [6.45, 7) is 0. The molecule has 6 nitrogen and oxygen atoms in total. The van der Waals surface area contributed by atoms with Crippen LogP contribution in [0.1, 0.15) is 54.6 Å². The topological polar surface area (TPSA) is 80.2 Å². The summed E-state index contributed by atoms with van der Waals surface area (Å²) in [5.41, 5.74) is 6.41. The number of aliphatic imine (C=N–C) groups is 1. The number of aromatic amines is 1. The Morgan fingerprint density at radius 1 is 0.810 bits per heavy atom. The van der Waals surface area contributed by atoms with Crippen molar-refractivity contribution in [3.8, 4) is 0 Å². The average Bonchev–Trinajstić information content (AvgIpc) is 3.47. The first-order valence-corrected chi connectivity index (χ1v) is 15.6. The van der Waals surface area contributed by atoms with Gasteiger partial charge >= 0.3 is 5.97 Å². The van der Waals surface area contributed by atoms with Gasteiger partial charge < -0.3 is 9.72 Å². The third-order valence-electron chi connectivity index (χ3n) is 7.48. The maximum Gasteiger partial charge on any atom is 0.331 e. The highest BCUT2D eigenvalue weighted by atomic mass is 32.2. The van der Waals surface area contributed by atoms with Crippen LogP contribution in [-0.2, 0) is 21.7 Å². The number of nitrogens with zero attached hydrogens (tertiary/aromatic N) is 3. The van der Waals surface area contributed by atoms with Crippen LogP contribution >= 0.6 is 11.8 Å². The maximum atomic E-state index is 13.7. The molecule has 1 aliphatic carbocycles. The van der Waals surface area contributed by atoms with E-state index in [0.717, 1.165) is 70.1 Å². The number of thioether (sulfide) groups is 1. The number of carbonyl (C=O) groups is 1. The third kappa shape index (κ3) is 7.15. The fraction of sp³-hybridized carbons (Fsp3) is 0.257. The number of hydrogen-bond donors (Lipinski definition) is 1. The van der Waals surface area contributed by atoms with Crippen molar-refractivity contribution in [2.24, 2.45) is 4.99 Å². The molecule has 0 saturated heterocycles. The van der Waals surface area contributed by atoms with Crippen molar-refractivity contribution in [1.29, 1.82) is 0 Å². The van der Waals surface area contributed by atoms with Crippen LogP contribution in [0.15, 0.2) is 113 Å². The first-order chi connectivity index (χ1) is 20.7. The monoisotopic (exact) mass is 574 g/mol. The summed E-state index contributed by atoms with van der Waals surface area (Å²) >= 11 is 1.61. The molecule has 0 spiro atoms. The molecule has 3 aromatic carbocycles. The highest BCUT2D eigenvalue weighted by molar-refractivity contribution is 7.98. The van der Waals surface area contributed by atoms with Gasteiger partial charge in [0, 0.05) is 29.0 Å². The van der Waals surface area contributed by atoms with Crippen molar-refractivity contribution in [3.05, 3.63) is 126 Å². The van der Waals surface area contributed by atoms with Gasteiger partial charge in [0.05, 0.1) is 22.4 Å². The molecular formula is C35H34N4O2S. The van der Waals surface area contributed by atoms with Crippen molar-refractivity contribution in [3.63, 3.8) is 0 Å². The Kier molecular flexibility index (Phi) is 9.05. The van der Waals surface area contributed by atoms with Crippen molar-refractivity contribution >= 4 is 34.5 Å². The smallest absolute Gasteiger partial charge is 0.331 e. The molecular weight excluding hydrogens is 540 g/mol. The Balaban J connectivity index is 1.26. The van der Waals surface area contributed by atoms with Gasteiger partial charge in [-0.1, -0.05) is 97.0 Å². The van der Waals surface area contributed by atoms with E-state index in [2.05, 4.69) is 9.97 Å². The van der Waals surface area contributed by atoms with Gasteiger partial charge in [-0.2, -0.15) is 0 Å². The summed E-state index contributed by atoms with van der Waals surface area (Å²) in [4.78, 5) is 31.8. The molecule has 6 rings (SSSR count). The third-order valence-corrected chi connectivity index (χ3v) is 8.38. The van der Waals surface area contributed by atoms with Gasteiger partial charge in [0.15, 0.2) is 11.2 Å². The number of fused-ring (bicyclic) bond motifs is 1. The fourth-order valence-corrected chi connectivity index (χ4v) is 6.12. The molecule has 5 aromatic rings. The summed E-state index contributed by atoms with van der Waals surface area (Å²) in [6, 6.07) is 33.4. The number of carbonyl (C=O) groups excluding carboxylic acids is 1. The molecule has 1 atom stereocenters. The molecule has 42 heavy (non-hydrogen) atoms. The largest absolute Gasteiger partial charge is 0.461 e. The van der Waals surface area contributed by atoms with Crippen LogP contribution in [-0.4, -0.2) is 38.8 Å². The number of rotatable bonds is 10. The van der Waals surface area contributed by atoms with E-state index in [9.17, 15) is 4.79 Å². The van der Waals surface area contributed by atoms with Gasteiger partial charge in [0.1, 0.15) is 6.10 Å². The zero-order chi connectivity index (χ0) is 28.6. The van der Waals surface area contributed by atoms with Crippen LogP contribution in [0.4, 0.5) is 0 Å². The predicted molar refractivity (Wildman–Crippen MR) is 169 cm³/mol. The van der Waals surface area contributed by atoms with Crippen molar-refractivity contribution in [1.82, 2.24) is 15.0 Å². The van der Waals surface area contributed by atoms with E-state index in [0.29, 0.717) is 12.2 Å². The number of esters is 1. The Bertz CT molecular complexity index is 1570. The second-order valence-corrected chi connectivity index (χ2v) is 11.6. The minimum atomic E-state index is -0.715. The quantitative estimate of drug-likeness (QED) is 0.106. The molecule has 1 unspecified atom stereocenters. The Morgan fingerprint density at radius 3 is 2.19 bits per heavy atom. The van der Waals surface area contributed by atoms with Crippen LogP contribution in [0.2, 0.25) is 0 Å². The van der Waals surface area contributed by atoms with E-state index in [1.165, 1.54) is 6.42 Å². The predicted octanol–water partition coefficient (Wildman–Crippen LogP) is 7.57. The number of ether oxygens (including phenoxy) is 1. The van der Waals surface area contributed by atoms with Crippen LogP contribution in [0.25, 0.3) is 11.0 Å². The van der Waals surface area contributed by atoms with Gasteiger partial charge in [-0.3, -0.25) is 9.98 Å². The Labute approximate surface area is 250 Å². The molecule has 2 heterocycles. The summed E-state index contributed by atoms with van der Waals surface area (Å²) in [5, 5.41) is 0.859. The highest BCUT2D eigenvalue weighted by Gasteiger charge is 2.26. The molecule has 1 aliphatic rings. The molecule has 0 bridgehead atoms. The minimum absolute atomic E-state index is 0.0413. The molecule has 0 radical (unpaired) electrons. The van der Waals surface area contributed by atoms with Crippen LogP contribution in [0.3, 0.4) is 0 Å². The van der Waals surface area contributed by atoms with Gasteiger partial charge in [-0.05, 0) is 49.9 Å². The van der Waals surface area contributed by atoms with Crippen molar-refractivity contribution < 1.29 is 9.53 Å². The maximum absolute atomic E-state index is 13.7. The molecule has 1 saturated carbocycles. The molecule has 0 amide bonds. The zero-order valence-corrected chi connectivity index (χ0v) is 24.3. The summed E-state index contributed by atoms with van der Waals surface area (Å²) in [7, 11) is 0. The molecule has 212 valence electrons. The minimum Gasteiger partial charge on any atom is -0.461 e. The number of para-hydroxylation sites is 2. The van der Waals surface area contributed by atoms with E-state index in [1.807, 2.05) is 103 Å². The number of pyridine rings is 1. The van der Waals surface area contributed by atoms with E-state index in [-0.39, 0.29) is 12.1 Å². The van der Waals surface area contributed by atoms with Gasteiger partial charge in [-0.25, -0.2) is 9.78 Å². The summed E-state index contributed by atoms with van der Waals surface area (Å²) in [6.07, 6.45) is 5.54. The van der Waals surface area contributed by atoms with Crippen LogP contribution in [0, 0.1) is 0 Å². The van der Waals surface area contributed by atoms with E-state index >= 15 is 0 Å². The lowest BCUT2D eigenvalue weighted by molar-refractivity contribution is -0.152.